The first kappa shape index (κ1) is 15.7. The van der Waals surface area contributed by atoms with E-state index in [9.17, 15) is 0 Å². The van der Waals surface area contributed by atoms with Gasteiger partial charge in [-0.25, -0.2) is 4.98 Å². The Hall–Kier alpha value is -0.270. The van der Waals surface area contributed by atoms with E-state index in [1.807, 2.05) is 4.90 Å². The molecule has 1 rings (SSSR count). The molecule has 0 aliphatic heterocycles. The normalized spacial score (nSPS) is 9.00. The van der Waals surface area contributed by atoms with Gasteiger partial charge in [-0.15, -0.1) is 13.2 Å². The van der Waals surface area contributed by atoms with Crippen LogP contribution in [0, 0.1) is 4.77 Å². The Morgan fingerprint density at radius 1 is 1.31 bits per heavy atom. The summed E-state index contributed by atoms with van der Waals surface area (Å²) in [5.74, 6) is 0.597. The summed E-state index contributed by atoms with van der Waals surface area (Å²) in [5.41, 5.74) is 0. The van der Waals surface area contributed by atoms with Gasteiger partial charge in [0.25, 0.3) is 0 Å². The van der Waals surface area contributed by atoms with Crippen LogP contribution >= 0.6 is 12.2 Å². The molecule has 1 N–H and O–H groups in total. The van der Waals surface area contributed by atoms with Crippen molar-refractivity contribution in [2.24, 2.45) is 0 Å². The molecule has 0 amide bonds. The molecular formula is C9H11N4NaS2. The zero-order valence-corrected chi connectivity index (χ0v) is 12.8. The summed E-state index contributed by atoms with van der Waals surface area (Å²) in [6, 6.07) is 0. The van der Waals surface area contributed by atoms with Crippen molar-refractivity contribution in [3.05, 3.63) is 30.1 Å². The third-order valence-corrected chi connectivity index (χ3v) is 1.99. The molecule has 0 saturated heterocycles. The van der Waals surface area contributed by atoms with Gasteiger partial charge in [-0.05, 0) is 17.4 Å². The summed E-state index contributed by atoms with van der Waals surface area (Å²) in [4.78, 5) is 12.7. The van der Waals surface area contributed by atoms with Crippen LogP contribution in [0.2, 0.25) is 0 Å². The Bertz CT molecular complexity index is 408. The van der Waals surface area contributed by atoms with E-state index in [1.165, 1.54) is 0 Å². The second-order valence-electron chi connectivity index (χ2n) is 2.74. The summed E-state index contributed by atoms with van der Waals surface area (Å²) in [6.07, 6.45) is 3.54. The summed E-state index contributed by atoms with van der Waals surface area (Å²) < 4.78 is 0.242. The van der Waals surface area contributed by atoms with Gasteiger partial charge in [0.05, 0.1) is 0 Å². The third-order valence-electron chi connectivity index (χ3n) is 1.62. The number of H-pyrrole nitrogens is 1. The van der Waals surface area contributed by atoms with Crippen LogP contribution in [0.5, 0.6) is 0 Å². The van der Waals surface area contributed by atoms with Crippen LogP contribution in [0.1, 0.15) is 0 Å². The smallest absolute Gasteiger partial charge is 0.742 e. The van der Waals surface area contributed by atoms with E-state index >= 15 is 0 Å². The largest absolute Gasteiger partial charge is 1.00 e. The Morgan fingerprint density at radius 3 is 2.31 bits per heavy atom. The molecule has 4 nitrogen and oxygen atoms in total. The number of hydrogen-bond donors (Lipinski definition) is 1. The van der Waals surface area contributed by atoms with Crippen molar-refractivity contribution < 1.29 is 29.6 Å². The number of hydrogen-bond acceptors (Lipinski definition) is 5. The van der Waals surface area contributed by atoms with Crippen molar-refractivity contribution in [1.82, 2.24) is 15.0 Å². The van der Waals surface area contributed by atoms with Crippen molar-refractivity contribution in [3.63, 3.8) is 0 Å². The summed E-state index contributed by atoms with van der Waals surface area (Å²) in [7, 11) is 0. The summed E-state index contributed by atoms with van der Waals surface area (Å²) >= 11 is 9.81. The molecule has 0 aromatic carbocycles. The number of anilines is 1. The van der Waals surface area contributed by atoms with Crippen molar-refractivity contribution >= 4 is 30.8 Å². The second-order valence-corrected chi connectivity index (χ2v) is 3.49. The number of nitrogens with zero attached hydrogens (tertiary/aromatic N) is 3. The van der Waals surface area contributed by atoms with E-state index in [4.69, 9.17) is 24.8 Å². The van der Waals surface area contributed by atoms with Gasteiger partial charge < -0.3 is 22.5 Å². The van der Waals surface area contributed by atoms with Gasteiger partial charge >= 0.3 is 29.6 Å². The number of nitrogens with one attached hydrogen (secondary N) is 1. The maximum absolute atomic E-state index is 4.92. The first-order valence-corrected chi connectivity index (χ1v) is 5.11. The molecule has 80 valence electrons. The third kappa shape index (κ3) is 4.71. The van der Waals surface area contributed by atoms with E-state index < -0.39 is 0 Å². The zero-order valence-electron chi connectivity index (χ0n) is 9.14. The monoisotopic (exact) mass is 262 g/mol. The first-order valence-electron chi connectivity index (χ1n) is 4.29. The molecule has 0 atom stereocenters. The van der Waals surface area contributed by atoms with E-state index in [0.717, 1.165) is 0 Å². The molecule has 1 heterocycles. The Morgan fingerprint density at radius 2 is 1.88 bits per heavy atom. The SMILES string of the molecule is C=CCN(CC=C)c1nc(=S)nc([S-])[nH]1.[Na+]. The Kier molecular flexibility index (Phi) is 7.78. The molecule has 0 saturated carbocycles. The van der Waals surface area contributed by atoms with Gasteiger partial charge in [0.15, 0.2) is 0 Å². The summed E-state index contributed by atoms with van der Waals surface area (Å²) in [6.45, 7) is 8.62. The van der Waals surface area contributed by atoms with Gasteiger partial charge in [0.2, 0.25) is 10.7 Å². The van der Waals surface area contributed by atoms with Crippen LogP contribution in [-0.4, -0.2) is 28.0 Å². The van der Waals surface area contributed by atoms with Crippen LogP contribution in [0.3, 0.4) is 0 Å². The zero-order chi connectivity index (χ0) is 11.3. The van der Waals surface area contributed by atoms with Crippen LogP contribution in [-0.2, 0) is 12.6 Å². The molecule has 16 heavy (non-hydrogen) atoms. The minimum absolute atomic E-state index is 0. The fourth-order valence-electron chi connectivity index (χ4n) is 1.06. The molecule has 0 spiro atoms. The predicted molar refractivity (Wildman–Crippen MR) is 65.5 cm³/mol. The quantitative estimate of drug-likeness (QED) is 0.307. The van der Waals surface area contributed by atoms with Crippen LogP contribution < -0.4 is 34.5 Å². The molecule has 0 aliphatic rings. The number of rotatable bonds is 5. The first-order chi connectivity index (χ1) is 7.17. The van der Waals surface area contributed by atoms with Gasteiger partial charge in [0.1, 0.15) is 0 Å². The average molecular weight is 262 g/mol. The maximum Gasteiger partial charge on any atom is 1.00 e. The van der Waals surface area contributed by atoms with Gasteiger partial charge in [-0.1, -0.05) is 12.2 Å². The van der Waals surface area contributed by atoms with Crippen molar-refractivity contribution in [2.75, 3.05) is 18.0 Å². The molecule has 0 aliphatic carbocycles. The van der Waals surface area contributed by atoms with E-state index in [1.54, 1.807) is 12.2 Å². The topological polar surface area (TPSA) is 44.8 Å². The molecule has 1 aromatic heterocycles. The minimum Gasteiger partial charge on any atom is -0.742 e. The molecule has 0 radical (unpaired) electrons. The van der Waals surface area contributed by atoms with Gasteiger partial charge in [-0.2, -0.15) is 4.98 Å². The van der Waals surface area contributed by atoms with Crippen molar-refractivity contribution in [2.45, 2.75) is 5.16 Å². The Labute approximate surface area is 128 Å². The fourth-order valence-corrected chi connectivity index (χ4v) is 1.48. The van der Waals surface area contributed by atoms with Gasteiger partial charge in [0, 0.05) is 13.1 Å². The summed E-state index contributed by atoms with van der Waals surface area (Å²) in [5, 5.41) is 0.336. The predicted octanol–water partition coefficient (Wildman–Crippen LogP) is -1.38. The average Bonchev–Trinajstić information content (AvgIpc) is 2.16. The van der Waals surface area contributed by atoms with E-state index in [2.05, 4.69) is 28.1 Å². The van der Waals surface area contributed by atoms with Crippen LogP contribution in [0.25, 0.3) is 0 Å². The number of aromatic nitrogens is 3. The van der Waals surface area contributed by atoms with Crippen molar-refractivity contribution in [1.29, 1.82) is 0 Å². The molecular weight excluding hydrogens is 251 g/mol. The second kappa shape index (κ2) is 7.92. The molecule has 7 heteroatoms. The van der Waals surface area contributed by atoms with Crippen LogP contribution in [0.4, 0.5) is 5.95 Å². The maximum atomic E-state index is 4.92. The molecule has 0 fully saturated rings. The van der Waals surface area contributed by atoms with E-state index in [-0.39, 0.29) is 34.3 Å². The van der Waals surface area contributed by atoms with E-state index in [0.29, 0.717) is 24.2 Å². The number of aromatic amines is 1. The fraction of sp³-hybridized carbons (Fsp3) is 0.222. The molecule has 0 unspecified atom stereocenters. The minimum atomic E-state index is 0. The van der Waals surface area contributed by atoms with Crippen LogP contribution in [0.15, 0.2) is 30.5 Å². The molecule has 0 bridgehead atoms. The van der Waals surface area contributed by atoms with Gasteiger partial charge in [-0.3, -0.25) is 0 Å². The standard InChI is InChI=1S/C9H12N4S2.Na/c1-3-5-13(6-4-2)7-10-8(14)12-9(15)11-7;/h3-4H,1-2,5-6H2,(H2,10,11,12,14,15);/q;+1/p-1. The molecule has 1 aromatic rings. The van der Waals surface area contributed by atoms with Crippen molar-refractivity contribution in [3.8, 4) is 0 Å². The Balaban J connectivity index is 0.00000225.